The van der Waals surface area contributed by atoms with Crippen molar-refractivity contribution in [2.24, 2.45) is 0 Å². The molecule has 1 aliphatic rings. The minimum absolute atomic E-state index is 0.0884. The molecule has 0 saturated heterocycles. The van der Waals surface area contributed by atoms with Crippen LogP contribution in [0.1, 0.15) is 53.6 Å². The van der Waals surface area contributed by atoms with Crippen LogP contribution in [-0.4, -0.2) is 28.1 Å². The van der Waals surface area contributed by atoms with Crippen LogP contribution in [0.5, 0.6) is 0 Å². The van der Waals surface area contributed by atoms with E-state index in [0.29, 0.717) is 34.1 Å². The van der Waals surface area contributed by atoms with Gasteiger partial charge in [0.2, 0.25) is 0 Å². The van der Waals surface area contributed by atoms with Gasteiger partial charge in [-0.1, -0.05) is 19.1 Å². The summed E-state index contributed by atoms with van der Waals surface area (Å²) in [6, 6.07) is 10.2. The van der Waals surface area contributed by atoms with Crippen molar-refractivity contribution in [1.29, 1.82) is 0 Å². The molecule has 0 saturated carbocycles. The fourth-order valence-electron chi connectivity index (χ4n) is 4.83. The zero-order valence-electron chi connectivity index (χ0n) is 18.5. The molecular formula is C26H24F2N4O. The first-order valence-electron chi connectivity index (χ1n) is 11.2. The van der Waals surface area contributed by atoms with Crippen molar-refractivity contribution in [3.05, 3.63) is 70.9 Å². The van der Waals surface area contributed by atoms with Crippen molar-refractivity contribution in [3.63, 3.8) is 0 Å². The largest absolute Gasteiger partial charge is 0.355 e. The smallest absolute Gasteiger partial charge is 0.251 e. The second-order valence-corrected chi connectivity index (χ2v) is 8.46. The molecule has 4 aromatic rings. The van der Waals surface area contributed by atoms with E-state index in [0.717, 1.165) is 30.4 Å². The minimum Gasteiger partial charge on any atom is -0.355 e. The van der Waals surface area contributed by atoms with Crippen molar-refractivity contribution in [3.8, 4) is 22.5 Å². The molecule has 5 rings (SSSR count). The molecule has 5 nitrogen and oxygen atoms in total. The van der Waals surface area contributed by atoms with Crippen LogP contribution in [0.3, 0.4) is 0 Å². The number of pyridine rings is 1. The summed E-state index contributed by atoms with van der Waals surface area (Å²) in [5.74, 6) is -1.07. The number of nitrogens with one attached hydrogen (secondary N) is 2. The number of carbonyl (C=O) groups is 1. The van der Waals surface area contributed by atoms with E-state index in [1.807, 2.05) is 0 Å². The normalized spacial score (nSPS) is 15.5. The van der Waals surface area contributed by atoms with Gasteiger partial charge in [0.05, 0.1) is 23.0 Å². The Balaban J connectivity index is 1.61. The molecule has 33 heavy (non-hydrogen) atoms. The third-order valence-electron chi connectivity index (χ3n) is 6.62. The van der Waals surface area contributed by atoms with Crippen LogP contribution in [0.15, 0.2) is 42.6 Å². The molecule has 0 radical (unpaired) electrons. The summed E-state index contributed by atoms with van der Waals surface area (Å²) in [4.78, 5) is 16.2. The minimum atomic E-state index is -0.585. The lowest BCUT2D eigenvalue weighted by atomic mass is 9.80. The van der Waals surface area contributed by atoms with Crippen LogP contribution in [0.2, 0.25) is 0 Å². The number of nitrogens with zero attached hydrogens (tertiary/aromatic N) is 2. The van der Waals surface area contributed by atoms with E-state index in [4.69, 9.17) is 0 Å². The molecule has 0 fully saturated rings. The van der Waals surface area contributed by atoms with Gasteiger partial charge in [0.15, 0.2) is 0 Å². The van der Waals surface area contributed by atoms with Gasteiger partial charge in [-0.15, -0.1) is 0 Å². The molecule has 7 heteroatoms. The highest BCUT2D eigenvalue weighted by molar-refractivity contribution is 5.97. The molecule has 2 heterocycles. The third kappa shape index (κ3) is 3.57. The lowest BCUT2D eigenvalue weighted by Gasteiger charge is -2.26. The maximum Gasteiger partial charge on any atom is 0.251 e. The second kappa shape index (κ2) is 8.39. The van der Waals surface area contributed by atoms with Crippen LogP contribution >= 0.6 is 0 Å². The van der Waals surface area contributed by atoms with E-state index >= 15 is 8.78 Å². The number of rotatable bonds is 4. The molecule has 1 aliphatic carbocycles. The van der Waals surface area contributed by atoms with Gasteiger partial charge >= 0.3 is 0 Å². The SMILES string of the molecule is CCC1CCCc2c1cc(F)c(-c1cc3c(-c4ccc(C(=O)NC)cc4)n[nH]c3cn1)c2F. The van der Waals surface area contributed by atoms with Crippen molar-refractivity contribution < 1.29 is 13.6 Å². The lowest BCUT2D eigenvalue weighted by molar-refractivity contribution is 0.0963. The molecule has 168 valence electrons. The first kappa shape index (κ1) is 21.2. The predicted octanol–water partition coefficient (Wildman–Crippen LogP) is 5.76. The van der Waals surface area contributed by atoms with Gasteiger partial charge in [-0.3, -0.25) is 14.9 Å². The highest BCUT2D eigenvalue weighted by Gasteiger charge is 2.27. The fraction of sp³-hybridized carbons (Fsp3) is 0.269. The van der Waals surface area contributed by atoms with E-state index in [9.17, 15) is 4.79 Å². The molecule has 1 unspecified atom stereocenters. The molecule has 0 bridgehead atoms. The summed E-state index contributed by atoms with van der Waals surface area (Å²) in [5, 5.41) is 10.6. The summed E-state index contributed by atoms with van der Waals surface area (Å²) in [5.41, 5.74) is 4.16. The fourth-order valence-corrected chi connectivity index (χ4v) is 4.83. The Morgan fingerprint density at radius 3 is 2.73 bits per heavy atom. The van der Waals surface area contributed by atoms with Crippen molar-refractivity contribution in [2.45, 2.75) is 38.5 Å². The lowest BCUT2D eigenvalue weighted by Crippen LogP contribution is -2.17. The Kier molecular flexibility index (Phi) is 5.40. The number of hydrogen-bond donors (Lipinski definition) is 2. The zero-order valence-corrected chi connectivity index (χ0v) is 18.5. The van der Waals surface area contributed by atoms with Crippen LogP contribution < -0.4 is 5.32 Å². The van der Waals surface area contributed by atoms with E-state index in [1.165, 1.54) is 6.07 Å². The number of aromatic amines is 1. The number of aromatic nitrogens is 3. The second-order valence-electron chi connectivity index (χ2n) is 8.46. The number of amides is 1. The molecule has 2 N–H and O–H groups in total. The van der Waals surface area contributed by atoms with Gasteiger partial charge in [0.1, 0.15) is 17.3 Å². The Hall–Kier alpha value is -3.61. The van der Waals surface area contributed by atoms with Crippen molar-refractivity contribution in [1.82, 2.24) is 20.5 Å². The van der Waals surface area contributed by atoms with Crippen LogP contribution in [-0.2, 0) is 6.42 Å². The molecule has 2 aromatic carbocycles. The number of H-pyrrole nitrogens is 1. The van der Waals surface area contributed by atoms with Gasteiger partial charge < -0.3 is 5.32 Å². The van der Waals surface area contributed by atoms with Gasteiger partial charge in [0.25, 0.3) is 5.91 Å². The van der Waals surface area contributed by atoms with E-state index in [2.05, 4.69) is 27.4 Å². The molecular weight excluding hydrogens is 422 g/mol. The number of hydrogen-bond acceptors (Lipinski definition) is 3. The molecule has 2 aromatic heterocycles. The standard InChI is InChI=1S/C26H24F2N4O/c1-3-14-5-4-6-17-18(14)11-20(27)23(24(17)28)21-12-19-22(13-30-21)31-32-25(19)15-7-9-16(10-8-15)26(33)29-2/h7-14H,3-6H2,1-2H3,(H,29,33)(H,31,32). The predicted molar refractivity (Wildman–Crippen MR) is 124 cm³/mol. The van der Waals surface area contributed by atoms with Crippen molar-refractivity contribution >= 4 is 16.8 Å². The Morgan fingerprint density at radius 1 is 1.21 bits per heavy atom. The average Bonchev–Trinajstić information content (AvgIpc) is 3.27. The molecule has 0 spiro atoms. The van der Waals surface area contributed by atoms with E-state index in [1.54, 1.807) is 43.6 Å². The average molecular weight is 447 g/mol. The van der Waals surface area contributed by atoms with Gasteiger partial charge in [-0.2, -0.15) is 5.10 Å². The number of carbonyl (C=O) groups excluding carboxylic acids is 1. The summed E-state index contributed by atoms with van der Waals surface area (Å²) >= 11 is 0. The maximum atomic E-state index is 15.6. The summed E-state index contributed by atoms with van der Waals surface area (Å²) in [7, 11) is 1.58. The van der Waals surface area contributed by atoms with Gasteiger partial charge in [-0.25, -0.2) is 8.78 Å². The van der Waals surface area contributed by atoms with Gasteiger partial charge in [-0.05, 0) is 67.0 Å². The van der Waals surface area contributed by atoms with Crippen LogP contribution in [0.4, 0.5) is 8.78 Å². The maximum absolute atomic E-state index is 15.6. The van der Waals surface area contributed by atoms with Crippen LogP contribution in [0.25, 0.3) is 33.4 Å². The Morgan fingerprint density at radius 2 is 2.00 bits per heavy atom. The topological polar surface area (TPSA) is 70.7 Å². The zero-order chi connectivity index (χ0) is 23.1. The Bertz CT molecular complexity index is 1360. The number of fused-ring (bicyclic) bond motifs is 2. The number of halogens is 2. The molecule has 1 amide bonds. The monoisotopic (exact) mass is 446 g/mol. The van der Waals surface area contributed by atoms with Crippen molar-refractivity contribution in [2.75, 3.05) is 7.05 Å². The molecule has 0 aliphatic heterocycles. The quantitative estimate of drug-likeness (QED) is 0.419. The third-order valence-corrected chi connectivity index (χ3v) is 6.62. The highest BCUT2D eigenvalue weighted by Crippen LogP contribution is 2.40. The highest BCUT2D eigenvalue weighted by atomic mass is 19.1. The van der Waals surface area contributed by atoms with Crippen LogP contribution in [0, 0.1) is 11.6 Å². The summed E-state index contributed by atoms with van der Waals surface area (Å²) in [6.07, 6.45) is 4.89. The number of benzene rings is 2. The first-order chi connectivity index (χ1) is 16.0. The first-order valence-corrected chi connectivity index (χ1v) is 11.2. The molecule has 1 atom stereocenters. The summed E-state index contributed by atoms with van der Waals surface area (Å²) in [6.45, 7) is 2.06. The van der Waals surface area contributed by atoms with Gasteiger partial charge in [0, 0.05) is 23.6 Å². The van der Waals surface area contributed by atoms with E-state index in [-0.39, 0.29) is 23.1 Å². The van der Waals surface area contributed by atoms with E-state index < -0.39 is 11.6 Å². The Labute approximate surface area is 190 Å². The summed E-state index contributed by atoms with van der Waals surface area (Å²) < 4.78 is 30.8.